The summed E-state index contributed by atoms with van der Waals surface area (Å²) in [5.41, 5.74) is 6.72. The molecule has 20 heteroatoms. The van der Waals surface area contributed by atoms with Crippen molar-refractivity contribution >= 4 is 28.9 Å². The Morgan fingerprint density at radius 3 is 1.22 bits per heavy atom. The minimum atomic E-state index is -4.33. The molecule has 0 bridgehead atoms. The Kier molecular flexibility index (Phi) is 31.0. The molecule has 2 saturated carbocycles. The monoisotopic (exact) mass is 1460 g/mol. The molecular formula is C83H107Cl2F6N9O3. The van der Waals surface area contributed by atoms with Gasteiger partial charge in [-0.05, 0) is 177 Å². The van der Waals surface area contributed by atoms with Gasteiger partial charge < -0.3 is 35.1 Å². The van der Waals surface area contributed by atoms with Crippen LogP contribution in [0.25, 0.3) is 0 Å². The molecule has 3 atom stereocenters. The van der Waals surface area contributed by atoms with E-state index in [2.05, 4.69) is 106 Å². The first-order chi connectivity index (χ1) is 50.0. The van der Waals surface area contributed by atoms with E-state index in [-0.39, 0.29) is 18.1 Å². The van der Waals surface area contributed by atoms with Crippen LogP contribution in [-0.2, 0) is 31.6 Å². The summed E-state index contributed by atoms with van der Waals surface area (Å²) in [6.45, 7) is 17.1. The highest BCUT2D eigenvalue weighted by molar-refractivity contribution is 6.34. The number of benzene rings is 7. The highest BCUT2D eigenvalue weighted by Crippen LogP contribution is 2.36. The third kappa shape index (κ3) is 24.3. The highest BCUT2D eigenvalue weighted by Gasteiger charge is 2.35. The molecule has 103 heavy (non-hydrogen) atoms. The van der Waals surface area contributed by atoms with Gasteiger partial charge in [-0.1, -0.05) is 147 Å². The smallest absolute Gasteiger partial charge is 0.416 e. The van der Waals surface area contributed by atoms with Crippen molar-refractivity contribution in [1.82, 2.24) is 40.4 Å². The van der Waals surface area contributed by atoms with Crippen LogP contribution in [0, 0.1) is 0 Å². The van der Waals surface area contributed by atoms with E-state index in [1.54, 1.807) is 51.7 Å². The van der Waals surface area contributed by atoms with Gasteiger partial charge in [0.15, 0.2) is 0 Å². The van der Waals surface area contributed by atoms with Crippen molar-refractivity contribution in [3.05, 3.63) is 224 Å². The van der Waals surface area contributed by atoms with Gasteiger partial charge in [0.25, 0.3) is 0 Å². The average Bonchev–Trinajstić information content (AvgIpc) is 0.828. The summed E-state index contributed by atoms with van der Waals surface area (Å²) in [5.74, 6) is 2.66. The van der Waals surface area contributed by atoms with Gasteiger partial charge in [-0.15, -0.1) is 0 Å². The normalized spacial score (nSPS) is 18.2. The Balaban J connectivity index is 0.000000166. The molecule has 12 rings (SSSR count). The zero-order valence-corrected chi connectivity index (χ0v) is 61.9. The van der Waals surface area contributed by atoms with E-state index >= 15 is 0 Å². The third-order valence-corrected chi connectivity index (χ3v) is 21.8. The lowest BCUT2D eigenvalue weighted by Crippen LogP contribution is -2.52. The topological polar surface area (TPSA) is 83.2 Å². The van der Waals surface area contributed by atoms with Crippen LogP contribution in [0.1, 0.15) is 127 Å². The summed E-state index contributed by atoms with van der Waals surface area (Å²) in [7, 11) is 5.10. The van der Waals surface area contributed by atoms with Gasteiger partial charge in [0.05, 0.1) is 38.5 Å². The Hall–Kier alpha value is -6.42. The van der Waals surface area contributed by atoms with E-state index in [0.717, 1.165) is 170 Å². The quantitative estimate of drug-likeness (QED) is 0.0339. The fraction of sp³-hybridized carbons (Fsp3) is 0.494. The van der Waals surface area contributed by atoms with E-state index < -0.39 is 23.5 Å². The van der Waals surface area contributed by atoms with Gasteiger partial charge in [0.2, 0.25) is 0 Å². The predicted octanol–water partition coefficient (Wildman–Crippen LogP) is 16.8. The number of hydrogen-bond acceptors (Lipinski definition) is 12. The molecule has 7 aromatic carbocycles. The highest BCUT2D eigenvalue weighted by atomic mass is 35.5. The molecule has 0 radical (unpaired) electrons. The van der Waals surface area contributed by atoms with Crippen LogP contribution in [0.15, 0.2) is 170 Å². The minimum absolute atomic E-state index is 0.00562. The van der Waals surface area contributed by atoms with Crippen LogP contribution >= 0.6 is 23.2 Å². The number of methoxy groups -OCH3 is 3. The second kappa shape index (κ2) is 40.3. The number of halogens is 8. The number of nitrogens with zero attached hydrogens (tertiary/aromatic N) is 6. The summed E-state index contributed by atoms with van der Waals surface area (Å²) in [6, 6.07) is 54.1. The number of alkyl halides is 6. The van der Waals surface area contributed by atoms with E-state index in [4.69, 9.17) is 37.4 Å². The lowest BCUT2D eigenvalue weighted by Gasteiger charge is -2.43. The number of piperazine rings is 3. The van der Waals surface area contributed by atoms with Gasteiger partial charge in [0, 0.05) is 144 Å². The van der Waals surface area contributed by atoms with Gasteiger partial charge in [-0.3, -0.25) is 24.5 Å². The molecular weight excluding hydrogens is 1360 g/mol. The minimum Gasteiger partial charge on any atom is -0.497 e. The van der Waals surface area contributed by atoms with Crippen molar-refractivity contribution in [1.29, 1.82) is 0 Å². The van der Waals surface area contributed by atoms with E-state index in [1.807, 2.05) is 54.6 Å². The van der Waals surface area contributed by atoms with Crippen molar-refractivity contribution in [2.24, 2.45) is 0 Å². The number of anilines is 1. The molecule has 5 fully saturated rings. The van der Waals surface area contributed by atoms with Gasteiger partial charge >= 0.3 is 12.4 Å². The molecule has 5 aliphatic rings. The number of hydrogen-bond donors (Lipinski definition) is 3. The SMILES string of the molecule is COc1ccc(C(CNCCc2ccc(C(F)(F)F)cc2)N2CCN(C3CCCCC3)CC2)cc1.COc1ccc(CCNCC(c2ccc(C(F)(F)F)cc2)N2CCN(c3ccccc3)CC2)cc1.COc1ccccc1C(CNCCc1cc(Cl)cc(Cl)c1)N1CCN(C2CCCCC2)CC1. The Morgan fingerprint density at radius 2 is 0.777 bits per heavy atom. The fourth-order valence-electron chi connectivity index (χ4n) is 15.5. The average molecular weight is 1460 g/mol. The van der Waals surface area contributed by atoms with Crippen LogP contribution in [0.5, 0.6) is 17.2 Å². The van der Waals surface area contributed by atoms with Crippen molar-refractivity contribution in [2.45, 2.75) is 126 Å². The molecule has 0 aromatic heterocycles. The maximum absolute atomic E-state index is 13.1. The van der Waals surface area contributed by atoms with Gasteiger partial charge in [-0.2, -0.15) is 26.3 Å². The van der Waals surface area contributed by atoms with Crippen molar-refractivity contribution in [3.63, 3.8) is 0 Å². The molecule has 7 aromatic rings. The zero-order chi connectivity index (χ0) is 72.4. The lowest BCUT2D eigenvalue weighted by atomic mass is 9.93. The maximum Gasteiger partial charge on any atom is 0.416 e. The molecule has 2 aliphatic carbocycles. The molecule has 0 spiro atoms. The molecule has 12 nitrogen and oxygen atoms in total. The molecule has 3 unspecified atom stereocenters. The summed E-state index contributed by atoms with van der Waals surface area (Å²) in [4.78, 5) is 15.4. The lowest BCUT2D eigenvalue weighted by molar-refractivity contribution is -0.138. The third-order valence-electron chi connectivity index (χ3n) is 21.4. The standard InChI is InChI=1S/C28H32F3N3O.C28H38F3N3O.C27H37Cl2N3O/c1-35-26-13-7-22(8-14-26)15-16-32-21-27(23-9-11-24(12-10-23)28(29,30)31)34-19-17-33(18-20-34)25-5-3-2-4-6-25;1-35-26-13-9-23(10-14-26)27(34-19-17-33(18-20-34)25-5-3-2-4-6-25)21-32-16-15-22-7-11-24(12-8-22)28(29,30)31;1-33-27-10-6-5-9-25(27)26(20-30-12-11-21-17-22(28)19-23(29)18-21)32-15-13-31(14-16-32)24-7-3-2-4-8-24/h2-14,27,32H,15-21H2,1H3;7-14,25,27,32H,2-6,15-21H2,1H3;5-6,9-10,17-19,24,26,30H,2-4,7-8,11-16,20H2,1H3. The van der Waals surface area contributed by atoms with E-state index in [0.29, 0.717) is 23.0 Å². The Labute approximate surface area is 618 Å². The maximum atomic E-state index is 13.1. The number of nitrogens with one attached hydrogen (secondary N) is 3. The number of ether oxygens (including phenoxy) is 3. The first-order valence-electron chi connectivity index (χ1n) is 37.3. The van der Waals surface area contributed by atoms with Crippen LogP contribution < -0.4 is 35.1 Å². The number of para-hydroxylation sites is 2. The largest absolute Gasteiger partial charge is 0.497 e. The van der Waals surface area contributed by atoms with Gasteiger partial charge in [-0.25, -0.2) is 0 Å². The second-order valence-electron chi connectivity index (χ2n) is 28.0. The summed E-state index contributed by atoms with van der Waals surface area (Å²) in [5, 5.41) is 12.2. The zero-order valence-electron chi connectivity index (χ0n) is 60.4. The van der Waals surface area contributed by atoms with Crippen LogP contribution in [-0.4, -0.2) is 176 Å². The predicted molar refractivity (Wildman–Crippen MR) is 407 cm³/mol. The van der Waals surface area contributed by atoms with Gasteiger partial charge in [0.1, 0.15) is 17.2 Å². The van der Waals surface area contributed by atoms with Crippen LogP contribution in [0.3, 0.4) is 0 Å². The Morgan fingerprint density at radius 1 is 0.398 bits per heavy atom. The van der Waals surface area contributed by atoms with E-state index in [1.165, 1.54) is 111 Å². The molecule has 3 aliphatic heterocycles. The van der Waals surface area contributed by atoms with Crippen LogP contribution in [0.2, 0.25) is 10.0 Å². The molecule has 3 N–H and O–H groups in total. The molecule has 3 saturated heterocycles. The Bertz CT molecular complexity index is 3530. The fourth-order valence-corrected chi connectivity index (χ4v) is 16.1. The first-order valence-corrected chi connectivity index (χ1v) is 38.1. The van der Waals surface area contributed by atoms with Crippen molar-refractivity contribution in [3.8, 4) is 17.2 Å². The second-order valence-corrected chi connectivity index (χ2v) is 28.8. The van der Waals surface area contributed by atoms with Crippen molar-refractivity contribution < 1.29 is 40.6 Å². The summed E-state index contributed by atoms with van der Waals surface area (Å²) < 4.78 is 94.0. The van der Waals surface area contributed by atoms with Crippen molar-refractivity contribution in [2.75, 3.05) is 144 Å². The summed E-state index contributed by atoms with van der Waals surface area (Å²) >= 11 is 12.3. The molecule has 558 valence electrons. The summed E-state index contributed by atoms with van der Waals surface area (Å²) in [6.07, 6.45) is 7.61. The van der Waals surface area contributed by atoms with Crippen LogP contribution in [0.4, 0.5) is 32.0 Å². The molecule has 0 amide bonds. The van der Waals surface area contributed by atoms with E-state index in [9.17, 15) is 26.3 Å². The first kappa shape index (κ1) is 79.2. The molecule has 3 heterocycles. The number of rotatable bonds is 27.